The van der Waals surface area contributed by atoms with Gasteiger partial charge in [0.25, 0.3) is 31.3 Å². The van der Waals surface area contributed by atoms with Crippen molar-refractivity contribution in [1.82, 2.24) is 57.7 Å². The number of pyridine rings is 2. The molecule has 0 aliphatic carbocycles. The van der Waals surface area contributed by atoms with Crippen molar-refractivity contribution >= 4 is 53.6 Å². The zero-order chi connectivity index (χ0) is 47.2. The van der Waals surface area contributed by atoms with Gasteiger partial charge in [-0.2, -0.15) is 29.8 Å². The van der Waals surface area contributed by atoms with E-state index in [4.69, 9.17) is 10.7 Å². The lowest BCUT2D eigenvalue weighted by atomic mass is 10.1. The van der Waals surface area contributed by atoms with Gasteiger partial charge in [-0.3, -0.25) is 9.59 Å². The van der Waals surface area contributed by atoms with Crippen LogP contribution in [0.3, 0.4) is 0 Å². The molecule has 0 spiro atoms. The number of carbonyl (C=O) groups excluding carboxylic acids is 2. The fraction of sp³-hybridized carbons (Fsp3) is 0.333. The Labute approximate surface area is 382 Å². The molecule has 2 aromatic carbocycles. The predicted molar refractivity (Wildman–Crippen MR) is 247 cm³/mol. The number of carbonyl (C=O) groups is 2. The largest absolute Gasteiger partial charge is 0.310 e. The van der Waals surface area contributed by atoms with E-state index in [-0.39, 0.29) is 37.0 Å². The fourth-order valence-electron chi connectivity index (χ4n) is 6.58. The maximum absolute atomic E-state index is 12.8. The summed E-state index contributed by atoms with van der Waals surface area (Å²) in [6.45, 7) is 10.3. The Hall–Kier alpha value is -6.01. The average molecular weight is 948 g/mol. The molecular weight excluding hydrogens is 896 g/mol. The minimum Gasteiger partial charge on any atom is -0.310 e. The van der Waals surface area contributed by atoms with Gasteiger partial charge >= 0.3 is 0 Å². The summed E-state index contributed by atoms with van der Waals surface area (Å²) in [5.41, 5.74) is 6.46. The number of nitrogens with zero attached hydrogens (tertiary/aromatic N) is 11. The normalized spacial score (nSPS) is 13.6. The summed E-state index contributed by atoms with van der Waals surface area (Å²) < 4.78 is 52.2. The van der Waals surface area contributed by atoms with Crippen molar-refractivity contribution in [1.29, 1.82) is 0 Å². The standard InChI is InChI=1S/C21H25N7O3S.C19H20N6O.C2H6ClNO2S/c1-14(2)28-13-22-25-20(28)18-6-5-7-19(23-18)24-21(29)15-8-9-16-11-27(12-17(16)10-15)32(30,31)26(3)4;1-12(2)25-11-21-24-18(25)16-4-3-5-17(22-16)23-19(26)13-6-7-14-9-20-10-15(14)8-13;1-4(2)7(3,5)6/h5-10,13-14H,11-12H2,1-4H3,(H,23,24,29);3-8,11-12,20H,9-10H2,1-2H3,(H,22,23,26);1-2H3. The SMILES string of the molecule is CC(C)n1cnnc1-c1cccc(NC(=O)c2ccc3c(c2)CN(S(=O)(=O)N(C)C)C3)n1.CC(C)n1cnnc1-c1cccc(NC(=O)c2ccc3c(c2)CNC3)n1.CN(C)S(=O)(=O)Cl. The predicted octanol–water partition coefficient (Wildman–Crippen LogP) is 5.10. The fourth-order valence-corrected chi connectivity index (χ4v) is 7.64. The second-order valence-corrected chi connectivity index (χ2v) is 20.8. The monoisotopic (exact) mass is 946 g/mol. The van der Waals surface area contributed by atoms with Gasteiger partial charge in [-0.25, -0.2) is 9.97 Å². The maximum atomic E-state index is 12.8. The van der Waals surface area contributed by atoms with Gasteiger partial charge in [0.1, 0.15) is 35.7 Å². The summed E-state index contributed by atoms with van der Waals surface area (Å²) >= 11 is 0. The van der Waals surface area contributed by atoms with E-state index < -0.39 is 19.4 Å². The Morgan fingerprint density at radius 3 is 1.55 bits per heavy atom. The third-order valence-electron chi connectivity index (χ3n) is 10.2. The zero-order valence-corrected chi connectivity index (χ0v) is 39.5. The Morgan fingerprint density at radius 1 is 0.646 bits per heavy atom. The summed E-state index contributed by atoms with van der Waals surface area (Å²) in [6, 6.07) is 22.2. The highest BCUT2D eigenvalue weighted by Crippen LogP contribution is 2.28. The molecule has 2 aliphatic rings. The molecule has 65 heavy (non-hydrogen) atoms. The second kappa shape index (κ2) is 20.4. The van der Waals surface area contributed by atoms with Crippen LogP contribution < -0.4 is 16.0 Å². The van der Waals surface area contributed by atoms with Crippen LogP contribution in [0, 0.1) is 0 Å². The number of hydrogen-bond acceptors (Lipinski definition) is 13. The van der Waals surface area contributed by atoms with E-state index in [0.717, 1.165) is 28.5 Å². The lowest BCUT2D eigenvalue weighted by Gasteiger charge is -2.20. The van der Waals surface area contributed by atoms with Crippen molar-refractivity contribution in [2.45, 2.75) is 66.0 Å². The third kappa shape index (κ3) is 11.8. The third-order valence-corrected chi connectivity index (χ3v) is 13.7. The first kappa shape index (κ1) is 48.4. The Kier molecular flexibility index (Phi) is 15.2. The van der Waals surface area contributed by atoms with E-state index in [2.05, 4.69) is 60.2 Å². The van der Waals surface area contributed by atoms with Crippen LogP contribution in [0.2, 0.25) is 0 Å². The van der Waals surface area contributed by atoms with E-state index in [0.29, 0.717) is 45.8 Å². The molecule has 0 fully saturated rings. The van der Waals surface area contributed by atoms with Crippen molar-refractivity contribution in [2.75, 3.05) is 38.8 Å². The molecule has 6 heterocycles. The molecule has 0 bridgehead atoms. The molecule has 2 amide bonds. The van der Waals surface area contributed by atoms with Gasteiger partial charge in [-0.1, -0.05) is 24.3 Å². The van der Waals surface area contributed by atoms with Crippen molar-refractivity contribution < 1.29 is 26.4 Å². The van der Waals surface area contributed by atoms with Crippen LogP contribution in [0.15, 0.2) is 85.5 Å². The molecule has 0 saturated heterocycles. The molecule has 2 aliphatic heterocycles. The summed E-state index contributed by atoms with van der Waals surface area (Å²) in [5.74, 6) is 1.69. The first-order chi connectivity index (χ1) is 30.7. The number of halogens is 1. The minimum absolute atomic E-state index is 0.169. The number of benzene rings is 2. The lowest BCUT2D eigenvalue weighted by Crippen LogP contribution is -2.36. The van der Waals surface area contributed by atoms with E-state index >= 15 is 0 Å². The average Bonchev–Trinajstić information content (AvgIpc) is 4.10. The molecule has 344 valence electrons. The number of hydrogen-bond donors (Lipinski definition) is 3. The molecular formula is C42H51ClN14O6S2. The number of fused-ring (bicyclic) bond motifs is 2. The van der Waals surface area contributed by atoms with Gasteiger partial charge in [0.2, 0.25) is 0 Å². The van der Waals surface area contributed by atoms with E-state index in [1.165, 1.54) is 47.9 Å². The molecule has 20 nitrogen and oxygen atoms in total. The van der Waals surface area contributed by atoms with Crippen LogP contribution >= 0.6 is 10.7 Å². The smallest absolute Gasteiger partial charge is 0.299 e. The maximum Gasteiger partial charge on any atom is 0.299 e. The molecule has 0 radical (unpaired) electrons. The molecule has 0 saturated carbocycles. The molecule has 23 heteroatoms. The molecule has 8 rings (SSSR count). The molecule has 0 atom stereocenters. The first-order valence-electron chi connectivity index (χ1n) is 20.3. The van der Waals surface area contributed by atoms with Crippen LogP contribution in [0.25, 0.3) is 23.0 Å². The Bertz CT molecular complexity index is 2900. The minimum atomic E-state index is -3.52. The Morgan fingerprint density at radius 2 is 1.09 bits per heavy atom. The van der Waals surface area contributed by atoms with Gasteiger partial charge in [-0.05, 0) is 98.5 Å². The highest BCUT2D eigenvalue weighted by atomic mass is 35.7. The molecule has 4 aromatic heterocycles. The zero-order valence-electron chi connectivity index (χ0n) is 37.1. The van der Waals surface area contributed by atoms with Crippen molar-refractivity contribution in [3.8, 4) is 23.0 Å². The van der Waals surface area contributed by atoms with Crippen molar-refractivity contribution in [3.05, 3.63) is 119 Å². The summed E-state index contributed by atoms with van der Waals surface area (Å²) in [5, 5.41) is 25.2. The second-order valence-electron chi connectivity index (χ2n) is 15.9. The summed E-state index contributed by atoms with van der Waals surface area (Å²) in [6.07, 6.45) is 3.34. The highest BCUT2D eigenvalue weighted by molar-refractivity contribution is 8.11. The first-order valence-corrected chi connectivity index (χ1v) is 24.0. The van der Waals surface area contributed by atoms with Crippen LogP contribution in [-0.2, 0) is 45.6 Å². The van der Waals surface area contributed by atoms with E-state index in [9.17, 15) is 26.4 Å². The quantitative estimate of drug-likeness (QED) is 0.144. The summed E-state index contributed by atoms with van der Waals surface area (Å²) in [7, 11) is 3.54. The molecule has 3 N–H and O–H groups in total. The number of aromatic nitrogens is 8. The number of rotatable bonds is 11. The van der Waals surface area contributed by atoms with Crippen LogP contribution in [0.4, 0.5) is 11.6 Å². The number of amides is 2. The van der Waals surface area contributed by atoms with Gasteiger partial charge < -0.3 is 25.1 Å². The Balaban J connectivity index is 0.000000191. The van der Waals surface area contributed by atoms with Gasteiger partial charge in [0, 0.05) is 88.3 Å². The topological polar surface area (TPSA) is 235 Å². The number of anilines is 2. The van der Waals surface area contributed by atoms with Gasteiger partial charge in [0.05, 0.1) is 0 Å². The van der Waals surface area contributed by atoms with E-state index in [1.807, 2.05) is 59.4 Å². The van der Waals surface area contributed by atoms with Crippen molar-refractivity contribution in [3.63, 3.8) is 0 Å². The van der Waals surface area contributed by atoms with E-state index in [1.54, 1.807) is 49.1 Å². The number of nitrogens with one attached hydrogen (secondary N) is 3. The summed E-state index contributed by atoms with van der Waals surface area (Å²) in [4.78, 5) is 34.5. The lowest BCUT2D eigenvalue weighted by molar-refractivity contribution is 0.101. The highest BCUT2D eigenvalue weighted by Gasteiger charge is 2.31. The van der Waals surface area contributed by atoms with Gasteiger partial charge in [0.15, 0.2) is 11.6 Å². The van der Waals surface area contributed by atoms with Gasteiger partial charge in [-0.15, -0.1) is 20.4 Å². The van der Waals surface area contributed by atoms with Crippen molar-refractivity contribution in [2.24, 2.45) is 0 Å². The molecule has 6 aromatic rings. The van der Waals surface area contributed by atoms with Crippen LogP contribution in [0.1, 0.15) is 82.7 Å². The van der Waals surface area contributed by atoms with Crippen LogP contribution in [-0.4, -0.2) is 109 Å². The van der Waals surface area contributed by atoms with Crippen LogP contribution in [0.5, 0.6) is 0 Å². The molecule has 0 unspecified atom stereocenters.